The Bertz CT molecular complexity index is 893. The fraction of sp³-hybridized carbons (Fsp3) is 0.524. The summed E-state index contributed by atoms with van der Waals surface area (Å²) >= 11 is 0. The molecule has 1 N–H and O–H groups in total. The third-order valence-electron chi connectivity index (χ3n) is 6.40. The van der Waals surface area contributed by atoms with Crippen LogP contribution in [0.4, 0.5) is 0 Å². The Balaban J connectivity index is 1.38. The first-order valence-corrected chi connectivity index (χ1v) is 10.3. The molecule has 2 amide bonds. The number of hydrogen-bond acceptors (Lipinski definition) is 4. The lowest BCUT2D eigenvalue weighted by Crippen LogP contribution is -2.47. The van der Waals surface area contributed by atoms with Crippen molar-refractivity contribution in [2.75, 3.05) is 13.1 Å². The molecule has 2 aromatic heterocycles. The predicted molar refractivity (Wildman–Crippen MR) is 102 cm³/mol. The van der Waals surface area contributed by atoms with Crippen LogP contribution in [0.3, 0.4) is 0 Å². The average molecular weight is 379 g/mol. The number of piperidine rings is 1. The SMILES string of the molecule is O=C(c1n[nH]c2c1CCCC2)N1C[C@H]2CC[C@@H](C1)N(Cc1ccccn1)C2=O. The number of amides is 2. The van der Waals surface area contributed by atoms with Crippen molar-refractivity contribution in [2.45, 2.75) is 51.1 Å². The zero-order chi connectivity index (χ0) is 19.1. The van der Waals surface area contributed by atoms with E-state index in [4.69, 9.17) is 0 Å². The molecule has 3 fully saturated rings. The second-order valence-corrected chi connectivity index (χ2v) is 8.16. The summed E-state index contributed by atoms with van der Waals surface area (Å²) in [6, 6.07) is 5.82. The topological polar surface area (TPSA) is 82.2 Å². The zero-order valence-electron chi connectivity index (χ0n) is 15.9. The van der Waals surface area contributed by atoms with Crippen LogP contribution < -0.4 is 0 Å². The Morgan fingerprint density at radius 1 is 1.18 bits per heavy atom. The Morgan fingerprint density at radius 2 is 2.07 bits per heavy atom. The van der Waals surface area contributed by atoms with Crippen molar-refractivity contribution in [1.29, 1.82) is 0 Å². The standard InChI is InChI=1S/C21H25N5O2/c27-20-14-8-9-16(26(20)12-15-5-3-4-10-22-15)13-25(11-14)21(28)19-17-6-1-2-7-18(17)23-24-19/h3-5,10,14,16H,1-2,6-9,11-13H2,(H,23,24)/t14-,16+/m1/s1. The summed E-state index contributed by atoms with van der Waals surface area (Å²) in [4.78, 5) is 34.5. The highest BCUT2D eigenvalue weighted by molar-refractivity contribution is 5.95. The quantitative estimate of drug-likeness (QED) is 0.884. The maximum absolute atomic E-state index is 13.3. The van der Waals surface area contributed by atoms with Crippen LogP contribution >= 0.6 is 0 Å². The van der Waals surface area contributed by atoms with Gasteiger partial charge in [-0.25, -0.2) is 0 Å². The molecule has 0 saturated carbocycles. The summed E-state index contributed by atoms with van der Waals surface area (Å²) in [7, 11) is 0. The molecule has 2 atom stereocenters. The summed E-state index contributed by atoms with van der Waals surface area (Å²) in [5, 5.41) is 7.42. The number of fused-ring (bicyclic) bond motifs is 5. The number of aromatic amines is 1. The second kappa shape index (κ2) is 7.04. The smallest absolute Gasteiger partial charge is 0.274 e. The first kappa shape index (κ1) is 17.4. The molecule has 1 aliphatic carbocycles. The number of rotatable bonds is 3. The molecule has 2 aromatic rings. The first-order chi connectivity index (χ1) is 13.7. The number of nitrogens with zero attached hydrogens (tertiary/aromatic N) is 4. The fourth-order valence-corrected chi connectivity index (χ4v) is 4.89. The molecule has 6 rings (SSSR count). The van der Waals surface area contributed by atoms with Crippen LogP contribution in [0.5, 0.6) is 0 Å². The molecular weight excluding hydrogens is 354 g/mol. The van der Waals surface area contributed by atoms with Crippen molar-refractivity contribution in [2.24, 2.45) is 5.92 Å². The molecule has 7 heteroatoms. The van der Waals surface area contributed by atoms with Crippen molar-refractivity contribution in [3.8, 4) is 0 Å². The largest absolute Gasteiger partial charge is 0.334 e. The number of carbonyl (C=O) groups is 2. The minimum Gasteiger partial charge on any atom is -0.334 e. The van der Waals surface area contributed by atoms with Crippen LogP contribution in [0.2, 0.25) is 0 Å². The van der Waals surface area contributed by atoms with Crippen molar-refractivity contribution in [3.05, 3.63) is 47.0 Å². The van der Waals surface area contributed by atoms with Crippen molar-refractivity contribution in [3.63, 3.8) is 0 Å². The number of hydrogen-bond donors (Lipinski definition) is 1. The lowest BCUT2D eigenvalue weighted by molar-refractivity contribution is -0.140. The van der Waals surface area contributed by atoms with Crippen LogP contribution in [-0.2, 0) is 24.2 Å². The molecule has 146 valence electrons. The second-order valence-electron chi connectivity index (χ2n) is 8.16. The molecule has 2 bridgehead atoms. The van der Waals surface area contributed by atoms with Gasteiger partial charge in [0.15, 0.2) is 5.69 Å². The Kier molecular flexibility index (Phi) is 4.37. The van der Waals surface area contributed by atoms with E-state index in [1.54, 1.807) is 6.20 Å². The number of H-pyrrole nitrogens is 1. The maximum Gasteiger partial charge on any atom is 0.274 e. The number of aryl methyl sites for hydroxylation is 1. The third kappa shape index (κ3) is 2.99. The van der Waals surface area contributed by atoms with Gasteiger partial charge >= 0.3 is 0 Å². The lowest BCUT2D eigenvalue weighted by atomic mass is 9.94. The lowest BCUT2D eigenvalue weighted by Gasteiger charge is -2.35. The van der Waals surface area contributed by atoms with Gasteiger partial charge in [0.1, 0.15) is 0 Å². The minimum absolute atomic E-state index is 0.0243. The van der Waals surface area contributed by atoms with E-state index in [9.17, 15) is 9.59 Å². The summed E-state index contributed by atoms with van der Waals surface area (Å²) < 4.78 is 0. The zero-order valence-corrected chi connectivity index (χ0v) is 15.9. The van der Waals surface area contributed by atoms with Gasteiger partial charge in [-0.3, -0.25) is 19.7 Å². The molecule has 4 aliphatic rings. The van der Waals surface area contributed by atoms with Gasteiger partial charge in [-0.1, -0.05) is 6.07 Å². The van der Waals surface area contributed by atoms with E-state index >= 15 is 0 Å². The normalized spacial score (nSPS) is 24.2. The van der Waals surface area contributed by atoms with Gasteiger partial charge < -0.3 is 9.80 Å². The molecule has 0 aromatic carbocycles. The summed E-state index contributed by atoms with van der Waals surface area (Å²) in [6.07, 6.45) is 7.68. The molecule has 0 spiro atoms. The van der Waals surface area contributed by atoms with Gasteiger partial charge in [-0.05, 0) is 50.7 Å². The highest BCUT2D eigenvalue weighted by atomic mass is 16.2. The van der Waals surface area contributed by atoms with E-state index in [0.29, 0.717) is 25.3 Å². The van der Waals surface area contributed by atoms with E-state index < -0.39 is 0 Å². The van der Waals surface area contributed by atoms with Gasteiger partial charge in [0.25, 0.3) is 5.91 Å². The van der Waals surface area contributed by atoms with Crippen molar-refractivity contribution >= 4 is 11.8 Å². The molecule has 0 unspecified atom stereocenters. The van der Waals surface area contributed by atoms with E-state index in [-0.39, 0.29) is 23.8 Å². The molecule has 3 saturated heterocycles. The third-order valence-corrected chi connectivity index (χ3v) is 6.40. The molecule has 28 heavy (non-hydrogen) atoms. The average Bonchev–Trinajstić information content (AvgIpc) is 2.97. The van der Waals surface area contributed by atoms with Gasteiger partial charge in [0.2, 0.25) is 5.91 Å². The van der Waals surface area contributed by atoms with Crippen LogP contribution in [0.15, 0.2) is 24.4 Å². The monoisotopic (exact) mass is 379 g/mol. The van der Waals surface area contributed by atoms with Crippen molar-refractivity contribution in [1.82, 2.24) is 25.0 Å². The Labute approximate surface area is 164 Å². The molecular formula is C21H25N5O2. The number of pyridine rings is 1. The minimum atomic E-state index is -0.124. The molecule has 0 radical (unpaired) electrons. The fourth-order valence-electron chi connectivity index (χ4n) is 4.89. The highest BCUT2D eigenvalue weighted by Crippen LogP contribution is 2.31. The molecule has 3 aliphatic heterocycles. The van der Waals surface area contributed by atoms with Crippen LogP contribution in [0, 0.1) is 5.92 Å². The molecule has 7 nitrogen and oxygen atoms in total. The summed E-state index contributed by atoms with van der Waals surface area (Å²) in [6.45, 7) is 1.59. The van der Waals surface area contributed by atoms with Gasteiger partial charge in [0.05, 0.1) is 18.2 Å². The van der Waals surface area contributed by atoms with E-state index in [0.717, 1.165) is 55.5 Å². The Hall–Kier alpha value is -2.70. The first-order valence-electron chi connectivity index (χ1n) is 10.3. The van der Waals surface area contributed by atoms with E-state index in [2.05, 4.69) is 15.2 Å². The Morgan fingerprint density at radius 3 is 2.93 bits per heavy atom. The van der Waals surface area contributed by atoms with E-state index in [1.807, 2.05) is 28.0 Å². The summed E-state index contributed by atoms with van der Waals surface area (Å²) in [5.74, 6) is 0.00576. The van der Waals surface area contributed by atoms with Crippen LogP contribution in [-0.4, -0.2) is 55.9 Å². The van der Waals surface area contributed by atoms with Gasteiger partial charge in [0, 0.05) is 36.6 Å². The van der Waals surface area contributed by atoms with Gasteiger partial charge in [-0.15, -0.1) is 0 Å². The van der Waals surface area contributed by atoms with Crippen LogP contribution in [0.25, 0.3) is 0 Å². The predicted octanol–water partition coefficient (Wildman–Crippen LogP) is 1.95. The van der Waals surface area contributed by atoms with E-state index in [1.165, 1.54) is 0 Å². The van der Waals surface area contributed by atoms with Crippen molar-refractivity contribution < 1.29 is 9.59 Å². The highest BCUT2D eigenvalue weighted by Gasteiger charge is 2.42. The number of aromatic nitrogens is 3. The number of nitrogens with one attached hydrogen (secondary N) is 1. The number of carbonyl (C=O) groups excluding carboxylic acids is 2. The maximum atomic E-state index is 13.3. The molecule has 5 heterocycles. The van der Waals surface area contributed by atoms with Gasteiger partial charge in [-0.2, -0.15) is 5.10 Å². The van der Waals surface area contributed by atoms with Crippen LogP contribution in [0.1, 0.15) is 53.1 Å². The summed E-state index contributed by atoms with van der Waals surface area (Å²) in [5.41, 5.74) is 3.66.